The van der Waals surface area contributed by atoms with Crippen LogP contribution in [0.15, 0.2) is 48.8 Å². The zero-order valence-corrected chi connectivity index (χ0v) is 15.7. The maximum absolute atomic E-state index is 13.3. The van der Waals surface area contributed by atoms with E-state index in [0.717, 1.165) is 16.7 Å². The fourth-order valence-corrected chi connectivity index (χ4v) is 2.67. The van der Waals surface area contributed by atoms with Crippen molar-refractivity contribution in [3.8, 4) is 28.5 Å². The minimum absolute atomic E-state index is 0.117. The number of pyridine rings is 1. The van der Waals surface area contributed by atoms with Crippen molar-refractivity contribution < 1.29 is 9.18 Å². The number of nitrogens with one attached hydrogen (secondary N) is 1. The van der Waals surface area contributed by atoms with E-state index < -0.39 is 0 Å². The maximum Gasteiger partial charge on any atom is 0.228 e. The van der Waals surface area contributed by atoms with Crippen LogP contribution in [-0.2, 0) is 11.3 Å². The van der Waals surface area contributed by atoms with Crippen LogP contribution in [0.5, 0.6) is 0 Å². The van der Waals surface area contributed by atoms with Crippen LogP contribution < -0.4 is 5.32 Å². The largest absolute Gasteiger partial charge is 0.310 e. The second-order valence-corrected chi connectivity index (χ2v) is 6.64. The van der Waals surface area contributed by atoms with Gasteiger partial charge in [-0.05, 0) is 42.0 Å². The minimum atomic E-state index is -0.322. The number of rotatable bonds is 6. The zero-order chi connectivity index (χ0) is 20.1. The molecule has 0 unspecified atom stereocenters. The Hall–Kier alpha value is -3.53. The van der Waals surface area contributed by atoms with Gasteiger partial charge in [0.25, 0.3) is 0 Å². The second-order valence-electron chi connectivity index (χ2n) is 6.64. The molecule has 0 spiro atoms. The average molecular weight is 377 g/mol. The van der Waals surface area contributed by atoms with Gasteiger partial charge in [-0.1, -0.05) is 13.8 Å². The van der Waals surface area contributed by atoms with Gasteiger partial charge in [-0.15, -0.1) is 0 Å². The van der Waals surface area contributed by atoms with E-state index in [2.05, 4.69) is 21.5 Å². The average Bonchev–Trinajstić information content (AvgIpc) is 3.11. The molecule has 0 bridgehead atoms. The lowest BCUT2D eigenvalue weighted by atomic mass is 10.0. The topological polar surface area (TPSA) is 83.6 Å². The third-order valence-corrected chi connectivity index (χ3v) is 4.18. The number of halogens is 1. The van der Waals surface area contributed by atoms with Crippen LogP contribution in [0.3, 0.4) is 0 Å². The van der Waals surface area contributed by atoms with Crippen molar-refractivity contribution in [2.24, 2.45) is 5.92 Å². The zero-order valence-electron chi connectivity index (χ0n) is 15.7. The number of hydrogen-bond acceptors (Lipinski definition) is 4. The number of anilines is 1. The number of amides is 1. The lowest BCUT2D eigenvalue weighted by Crippen LogP contribution is -2.18. The number of carbonyl (C=O) groups excluding carboxylic acids is 1. The summed E-state index contributed by atoms with van der Waals surface area (Å²) in [4.78, 5) is 16.2. The van der Waals surface area contributed by atoms with Crippen LogP contribution in [0.1, 0.15) is 20.3 Å². The fraction of sp³-hybridized carbons (Fsp3) is 0.238. The van der Waals surface area contributed by atoms with Gasteiger partial charge < -0.3 is 5.32 Å². The van der Waals surface area contributed by atoms with Crippen LogP contribution in [-0.4, -0.2) is 20.7 Å². The molecule has 1 aromatic carbocycles. The molecule has 28 heavy (non-hydrogen) atoms. The first-order chi connectivity index (χ1) is 13.5. The molecule has 2 heterocycles. The number of aromatic nitrogens is 3. The number of nitriles is 1. The van der Waals surface area contributed by atoms with E-state index in [-0.39, 0.29) is 17.6 Å². The summed E-state index contributed by atoms with van der Waals surface area (Å²) in [7, 11) is 0. The van der Waals surface area contributed by atoms with Gasteiger partial charge in [-0.25, -0.2) is 9.37 Å². The molecule has 0 saturated carbocycles. The molecule has 1 N–H and O–H groups in total. The molecule has 0 aliphatic heterocycles. The molecule has 3 rings (SSSR count). The Kier molecular flexibility index (Phi) is 5.80. The molecule has 0 aliphatic rings. The lowest BCUT2D eigenvalue weighted by molar-refractivity contribution is -0.118. The van der Waals surface area contributed by atoms with Gasteiger partial charge in [0.2, 0.25) is 5.91 Å². The number of hydrogen-bond donors (Lipinski definition) is 1. The Bertz CT molecular complexity index is 1020. The summed E-state index contributed by atoms with van der Waals surface area (Å²) in [5.74, 6) is -0.148. The third-order valence-electron chi connectivity index (χ3n) is 4.18. The third kappa shape index (κ3) is 4.41. The van der Waals surface area contributed by atoms with Gasteiger partial charge in [-0.3, -0.25) is 9.48 Å². The fourth-order valence-electron chi connectivity index (χ4n) is 2.67. The quantitative estimate of drug-likeness (QED) is 0.696. The number of aryl methyl sites for hydroxylation is 1. The Balaban J connectivity index is 2.02. The molecular weight excluding hydrogens is 357 g/mol. The predicted molar refractivity (Wildman–Crippen MR) is 105 cm³/mol. The monoisotopic (exact) mass is 377 g/mol. The van der Waals surface area contributed by atoms with E-state index in [0.29, 0.717) is 24.5 Å². The smallest absolute Gasteiger partial charge is 0.228 e. The van der Waals surface area contributed by atoms with E-state index >= 15 is 0 Å². The first-order valence-electron chi connectivity index (χ1n) is 8.95. The number of carbonyl (C=O) groups is 1. The van der Waals surface area contributed by atoms with Gasteiger partial charge in [0, 0.05) is 29.4 Å². The summed E-state index contributed by atoms with van der Waals surface area (Å²) < 4.78 is 15.0. The minimum Gasteiger partial charge on any atom is -0.310 e. The van der Waals surface area contributed by atoms with Gasteiger partial charge >= 0.3 is 0 Å². The van der Waals surface area contributed by atoms with Crippen LogP contribution in [0.25, 0.3) is 22.4 Å². The van der Waals surface area contributed by atoms with Gasteiger partial charge in [-0.2, -0.15) is 10.4 Å². The summed E-state index contributed by atoms with van der Waals surface area (Å²) in [5.41, 5.74) is 3.06. The molecule has 3 aromatic rings. The molecular formula is C21H20FN5O. The van der Waals surface area contributed by atoms with E-state index in [1.807, 2.05) is 26.1 Å². The van der Waals surface area contributed by atoms with E-state index in [9.17, 15) is 9.18 Å². The highest BCUT2D eigenvalue weighted by Gasteiger charge is 2.15. The standard InChI is InChI=1S/C21H20FN5O/c1-14(2)21(28)25-19-12-16(8-10-24-19)18-13-27(11-3-9-23)26-20(18)15-4-6-17(22)7-5-15/h4-8,10,12-14H,3,11H2,1-2H3,(H,24,25,28). The van der Waals surface area contributed by atoms with E-state index in [1.54, 1.807) is 29.1 Å². The van der Waals surface area contributed by atoms with Gasteiger partial charge in [0.15, 0.2) is 0 Å². The van der Waals surface area contributed by atoms with Crippen LogP contribution in [0, 0.1) is 23.1 Å². The molecule has 142 valence electrons. The summed E-state index contributed by atoms with van der Waals surface area (Å²) in [6.07, 6.45) is 3.79. The maximum atomic E-state index is 13.3. The number of nitrogens with zero attached hydrogens (tertiary/aromatic N) is 4. The van der Waals surface area contributed by atoms with Crippen LogP contribution >= 0.6 is 0 Å². The molecule has 6 nitrogen and oxygen atoms in total. The summed E-state index contributed by atoms with van der Waals surface area (Å²) in [6, 6.07) is 11.8. The van der Waals surface area contributed by atoms with Crippen molar-refractivity contribution in [2.45, 2.75) is 26.8 Å². The Morgan fingerprint density at radius 3 is 2.68 bits per heavy atom. The molecule has 1 amide bonds. The first kappa shape index (κ1) is 19.2. The lowest BCUT2D eigenvalue weighted by Gasteiger charge is -2.08. The molecule has 0 atom stereocenters. The molecule has 0 radical (unpaired) electrons. The predicted octanol–water partition coefficient (Wildman–Crippen LogP) is 4.26. The van der Waals surface area contributed by atoms with Crippen molar-refractivity contribution in [3.05, 3.63) is 54.6 Å². The van der Waals surface area contributed by atoms with Crippen molar-refractivity contribution in [1.29, 1.82) is 5.26 Å². The summed E-state index contributed by atoms with van der Waals surface area (Å²) in [5, 5.41) is 16.2. The van der Waals surface area contributed by atoms with Gasteiger partial charge in [0.1, 0.15) is 17.3 Å². The van der Waals surface area contributed by atoms with E-state index in [1.165, 1.54) is 12.1 Å². The Morgan fingerprint density at radius 2 is 2.00 bits per heavy atom. The SMILES string of the molecule is CC(C)C(=O)Nc1cc(-c2cn(CCC#N)nc2-c2ccc(F)cc2)ccn1. The first-order valence-corrected chi connectivity index (χ1v) is 8.95. The van der Waals surface area contributed by atoms with Crippen LogP contribution in [0.4, 0.5) is 10.2 Å². The van der Waals surface area contributed by atoms with Crippen molar-refractivity contribution in [1.82, 2.24) is 14.8 Å². The van der Waals surface area contributed by atoms with Crippen molar-refractivity contribution >= 4 is 11.7 Å². The Labute approximate surface area is 162 Å². The summed E-state index contributed by atoms with van der Waals surface area (Å²) >= 11 is 0. The van der Waals surface area contributed by atoms with E-state index in [4.69, 9.17) is 5.26 Å². The molecule has 0 aliphatic carbocycles. The highest BCUT2D eigenvalue weighted by molar-refractivity contribution is 5.92. The highest BCUT2D eigenvalue weighted by atomic mass is 19.1. The normalized spacial score (nSPS) is 10.7. The summed E-state index contributed by atoms with van der Waals surface area (Å²) in [6.45, 7) is 4.07. The molecule has 0 fully saturated rings. The molecule has 0 saturated heterocycles. The second kappa shape index (κ2) is 8.44. The Morgan fingerprint density at radius 1 is 1.25 bits per heavy atom. The molecule has 2 aromatic heterocycles. The number of benzene rings is 1. The van der Waals surface area contributed by atoms with Crippen molar-refractivity contribution in [3.63, 3.8) is 0 Å². The van der Waals surface area contributed by atoms with Crippen molar-refractivity contribution in [2.75, 3.05) is 5.32 Å². The van der Waals surface area contributed by atoms with Gasteiger partial charge in [0.05, 0.1) is 19.0 Å². The highest BCUT2D eigenvalue weighted by Crippen LogP contribution is 2.32. The molecule has 7 heteroatoms. The van der Waals surface area contributed by atoms with Crippen LogP contribution in [0.2, 0.25) is 0 Å².